The monoisotopic (exact) mass is 521 g/mol. The number of amides is 2. The maximum Gasteiger partial charge on any atom is 0.304 e. The summed E-state index contributed by atoms with van der Waals surface area (Å²) in [6.07, 6.45) is 5.61. The van der Waals surface area contributed by atoms with Crippen LogP contribution < -0.4 is 10.6 Å². The number of aromatic nitrogens is 1. The molecule has 0 spiro atoms. The van der Waals surface area contributed by atoms with Crippen molar-refractivity contribution in [2.45, 2.75) is 57.5 Å². The summed E-state index contributed by atoms with van der Waals surface area (Å²) < 4.78 is 1.89. The molecule has 202 valence electrons. The minimum absolute atomic E-state index is 0.0240. The minimum Gasteiger partial charge on any atom is -0.508 e. The Labute approximate surface area is 222 Å². The Morgan fingerprint density at radius 1 is 1.05 bits per heavy atom. The Bertz CT molecular complexity index is 1170. The van der Waals surface area contributed by atoms with E-state index < -0.39 is 29.7 Å². The lowest BCUT2D eigenvalue weighted by Crippen LogP contribution is -2.50. The molecular weight excluding hydrogens is 486 g/mol. The van der Waals surface area contributed by atoms with Crippen molar-refractivity contribution in [3.8, 4) is 5.75 Å². The van der Waals surface area contributed by atoms with E-state index in [1.54, 1.807) is 24.3 Å². The molecule has 1 aromatic heterocycles. The van der Waals surface area contributed by atoms with E-state index in [1.165, 1.54) is 0 Å². The number of hydrogen-bond donors (Lipinski definition) is 4. The maximum atomic E-state index is 13.2. The highest BCUT2D eigenvalue weighted by Gasteiger charge is 2.27. The van der Waals surface area contributed by atoms with Crippen molar-refractivity contribution < 1.29 is 29.4 Å². The number of aliphatic carboxylic acids is 1. The number of fused-ring (bicyclic) bond motifs is 2. The first kappa shape index (κ1) is 28.4. The molecule has 38 heavy (non-hydrogen) atoms. The van der Waals surface area contributed by atoms with Crippen molar-refractivity contribution in [3.05, 3.63) is 78.1 Å². The molecule has 2 aromatic rings. The maximum absolute atomic E-state index is 13.2. The number of carboxylic acid groups (broad SMARTS) is 1. The van der Waals surface area contributed by atoms with E-state index in [1.807, 2.05) is 47.3 Å². The summed E-state index contributed by atoms with van der Waals surface area (Å²) in [4.78, 5) is 50.1. The van der Waals surface area contributed by atoms with Crippen molar-refractivity contribution in [2.24, 2.45) is 5.92 Å². The van der Waals surface area contributed by atoms with Crippen molar-refractivity contribution in [1.29, 1.82) is 0 Å². The van der Waals surface area contributed by atoms with Gasteiger partial charge in [0.2, 0.25) is 11.8 Å². The van der Waals surface area contributed by atoms with Gasteiger partial charge in [-0.1, -0.05) is 36.4 Å². The van der Waals surface area contributed by atoms with Crippen LogP contribution >= 0.6 is 0 Å². The molecule has 1 aliphatic rings. The van der Waals surface area contributed by atoms with Crippen molar-refractivity contribution in [1.82, 2.24) is 15.2 Å². The Balaban J connectivity index is 1.78. The van der Waals surface area contributed by atoms with Gasteiger partial charge >= 0.3 is 5.97 Å². The van der Waals surface area contributed by atoms with Gasteiger partial charge in [0.15, 0.2) is 0 Å². The molecule has 2 heterocycles. The SMILES string of the molecule is O=C(O)C[C@@H](CCCc1ccc(O)cc1)C(=O)NC1Cc2ccccccn(c2)CCC(=O)CCNC1=O. The van der Waals surface area contributed by atoms with Crippen LogP contribution in [0.4, 0.5) is 0 Å². The molecule has 1 unspecified atom stereocenters. The smallest absolute Gasteiger partial charge is 0.304 e. The van der Waals surface area contributed by atoms with E-state index >= 15 is 0 Å². The third kappa shape index (κ3) is 9.72. The largest absolute Gasteiger partial charge is 0.508 e. The second kappa shape index (κ2) is 14.6. The van der Waals surface area contributed by atoms with Crippen molar-refractivity contribution in [3.63, 3.8) is 0 Å². The molecule has 0 saturated heterocycles. The number of phenols is 1. The van der Waals surface area contributed by atoms with Gasteiger partial charge in [0.1, 0.15) is 17.6 Å². The van der Waals surface area contributed by atoms with Gasteiger partial charge in [-0.25, -0.2) is 0 Å². The zero-order valence-corrected chi connectivity index (χ0v) is 21.3. The number of ketones is 1. The van der Waals surface area contributed by atoms with Crippen LogP contribution in [-0.4, -0.2) is 50.9 Å². The summed E-state index contributed by atoms with van der Waals surface area (Å²) in [5.74, 6) is -2.63. The third-order valence-corrected chi connectivity index (χ3v) is 6.42. The number of aromatic hydroxyl groups is 1. The average molecular weight is 522 g/mol. The molecule has 1 aliphatic heterocycles. The molecule has 1 aromatic carbocycles. The predicted octanol–water partition coefficient (Wildman–Crippen LogP) is 2.94. The van der Waals surface area contributed by atoms with Crippen LogP contribution in [0.1, 0.15) is 43.2 Å². The van der Waals surface area contributed by atoms with Crippen LogP contribution in [0, 0.1) is 5.92 Å². The van der Waals surface area contributed by atoms with E-state index in [4.69, 9.17) is 0 Å². The molecule has 3 rings (SSSR count). The van der Waals surface area contributed by atoms with Gasteiger partial charge in [-0.05, 0) is 48.6 Å². The number of carboxylic acids is 1. The Kier molecular flexibility index (Phi) is 10.9. The van der Waals surface area contributed by atoms with Gasteiger partial charge in [0.25, 0.3) is 0 Å². The van der Waals surface area contributed by atoms with E-state index in [0.29, 0.717) is 32.2 Å². The number of nitrogens with one attached hydrogen (secondary N) is 2. The molecule has 0 aliphatic carbocycles. The number of nitrogens with zero attached hydrogens (tertiary/aromatic N) is 1. The fourth-order valence-electron chi connectivity index (χ4n) is 4.34. The minimum atomic E-state index is -1.09. The van der Waals surface area contributed by atoms with Crippen LogP contribution in [0.15, 0.2) is 67.0 Å². The lowest BCUT2D eigenvalue weighted by Gasteiger charge is -2.22. The zero-order valence-electron chi connectivity index (χ0n) is 21.3. The summed E-state index contributed by atoms with van der Waals surface area (Å²) in [7, 11) is 0. The van der Waals surface area contributed by atoms with Gasteiger partial charge < -0.3 is 25.4 Å². The van der Waals surface area contributed by atoms with E-state index in [-0.39, 0.29) is 37.3 Å². The fourth-order valence-corrected chi connectivity index (χ4v) is 4.34. The Morgan fingerprint density at radius 3 is 2.58 bits per heavy atom. The van der Waals surface area contributed by atoms with Crippen molar-refractivity contribution >= 4 is 23.6 Å². The number of hydrogen-bond acceptors (Lipinski definition) is 5. The van der Waals surface area contributed by atoms with Crippen LogP contribution in [0.2, 0.25) is 0 Å². The molecule has 0 saturated carbocycles. The number of carbonyl (C=O) groups excluding carboxylic acids is 3. The molecule has 9 nitrogen and oxygen atoms in total. The Morgan fingerprint density at radius 2 is 1.82 bits per heavy atom. The first-order chi connectivity index (χ1) is 18.3. The number of aryl methyl sites for hydroxylation is 2. The molecule has 2 amide bonds. The predicted molar refractivity (Wildman–Crippen MR) is 142 cm³/mol. The third-order valence-electron chi connectivity index (χ3n) is 6.42. The summed E-state index contributed by atoms with van der Waals surface area (Å²) in [6.45, 7) is 0.661. The molecule has 2 atom stereocenters. The number of phenolic OH excluding ortho intramolecular Hbond substituents is 1. The normalized spacial score (nSPS) is 16.7. The summed E-state index contributed by atoms with van der Waals surface area (Å²) in [5, 5.41) is 24.4. The number of rotatable bonds is 8. The standard InChI is InChI=1S/C29H35N3O6/c33-24-11-9-21(10-12-24)7-5-8-23(19-27(35)36)28(37)31-26-18-22-6-3-1-2-4-16-32(20-22)17-14-25(34)13-15-30-29(26)38/h1-4,6,9-12,16,20,23,26,33H,5,7-8,13-15,17-19H2,(H,30,38)(H,31,37)(H,35,36)/t23-,26?/m1/s1. The molecule has 9 heteroatoms. The van der Waals surface area contributed by atoms with Gasteiger partial charge in [0.05, 0.1) is 6.42 Å². The first-order valence-corrected chi connectivity index (χ1v) is 12.9. The van der Waals surface area contributed by atoms with E-state index in [0.717, 1.165) is 11.1 Å². The van der Waals surface area contributed by atoms with Gasteiger partial charge in [0, 0.05) is 50.7 Å². The van der Waals surface area contributed by atoms with E-state index in [2.05, 4.69) is 10.6 Å². The van der Waals surface area contributed by atoms with Gasteiger partial charge in [-0.15, -0.1) is 0 Å². The van der Waals surface area contributed by atoms with Crippen LogP contribution in [0.25, 0.3) is 0 Å². The van der Waals surface area contributed by atoms with Gasteiger partial charge in [-0.2, -0.15) is 0 Å². The summed E-state index contributed by atoms with van der Waals surface area (Å²) in [5.41, 5.74) is 1.74. The highest BCUT2D eigenvalue weighted by atomic mass is 16.4. The first-order valence-electron chi connectivity index (χ1n) is 12.9. The lowest BCUT2D eigenvalue weighted by molar-refractivity contribution is -0.141. The quantitative estimate of drug-likeness (QED) is 0.422. The number of benzene rings is 1. The zero-order chi connectivity index (χ0) is 27.3. The summed E-state index contributed by atoms with van der Waals surface area (Å²) in [6, 6.07) is 15.1. The number of carbonyl (C=O) groups is 4. The van der Waals surface area contributed by atoms with Crippen molar-refractivity contribution in [2.75, 3.05) is 6.54 Å². The Hall–Kier alpha value is -4.14. The second-order valence-electron chi connectivity index (χ2n) is 9.48. The highest BCUT2D eigenvalue weighted by molar-refractivity contribution is 5.90. The second-order valence-corrected chi connectivity index (χ2v) is 9.48. The molecule has 2 bridgehead atoms. The highest BCUT2D eigenvalue weighted by Crippen LogP contribution is 2.17. The van der Waals surface area contributed by atoms with Crippen LogP contribution in [0.5, 0.6) is 5.75 Å². The van der Waals surface area contributed by atoms with Crippen LogP contribution in [0.3, 0.4) is 0 Å². The molecular formula is C29H35N3O6. The fraction of sp³-hybridized carbons (Fsp3) is 0.379. The lowest BCUT2D eigenvalue weighted by atomic mass is 9.95. The molecule has 4 N–H and O–H groups in total. The molecule has 0 radical (unpaired) electrons. The van der Waals surface area contributed by atoms with Crippen LogP contribution in [-0.2, 0) is 38.6 Å². The average Bonchev–Trinajstić information content (AvgIpc) is 2.98. The van der Waals surface area contributed by atoms with Gasteiger partial charge in [-0.3, -0.25) is 19.2 Å². The number of Topliss-reactive ketones (excluding diaryl/α,β-unsaturated/α-hetero) is 1. The molecule has 0 fully saturated rings. The van der Waals surface area contributed by atoms with E-state index in [9.17, 15) is 29.4 Å². The summed E-state index contributed by atoms with van der Waals surface area (Å²) >= 11 is 0. The topological polar surface area (TPSA) is 138 Å².